The van der Waals surface area contributed by atoms with Gasteiger partial charge in [0.1, 0.15) is 16.9 Å². The fourth-order valence-corrected chi connectivity index (χ4v) is 4.01. The number of para-hydroxylation sites is 1. The van der Waals surface area contributed by atoms with Gasteiger partial charge < -0.3 is 23.7 Å². The molecule has 1 aromatic carbocycles. The fraction of sp³-hybridized carbons (Fsp3) is 0.444. The van der Waals surface area contributed by atoms with Crippen molar-refractivity contribution in [3.8, 4) is 11.5 Å². The number of hydrogen-bond acceptors (Lipinski definition) is 6. The van der Waals surface area contributed by atoms with Crippen molar-refractivity contribution in [3.63, 3.8) is 0 Å². The smallest absolute Gasteiger partial charge is 0.341 e. The Bertz CT molecular complexity index is 965. The van der Waals surface area contributed by atoms with Crippen molar-refractivity contribution in [3.05, 3.63) is 65.7 Å². The predicted octanol–water partition coefficient (Wildman–Crippen LogP) is 5.70. The fourth-order valence-electron chi connectivity index (χ4n) is 4.01. The van der Waals surface area contributed by atoms with Crippen molar-refractivity contribution in [2.75, 3.05) is 27.9 Å². The summed E-state index contributed by atoms with van der Waals surface area (Å²) >= 11 is 0. The van der Waals surface area contributed by atoms with Gasteiger partial charge in [0.05, 0.1) is 34.2 Å². The number of fused-ring (bicyclic) bond motifs is 1. The van der Waals surface area contributed by atoms with E-state index in [1.165, 1.54) is 20.5 Å². The minimum atomic E-state index is -0.514. The Morgan fingerprint density at radius 1 is 1.21 bits per heavy atom. The molecule has 180 valence electrons. The van der Waals surface area contributed by atoms with Crippen molar-refractivity contribution >= 4 is 12.0 Å². The van der Waals surface area contributed by atoms with Crippen LogP contribution in [0.15, 0.2) is 60.1 Å². The zero-order valence-corrected chi connectivity index (χ0v) is 21.0. The summed E-state index contributed by atoms with van der Waals surface area (Å²) in [6, 6.07) is 5.77. The first-order valence-corrected chi connectivity index (χ1v) is 10.8. The summed E-state index contributed by atoms with van der Waals surface area (Å²) in [6.07, 6.45) is 6.95. The summed E-state index contributed by atoms with van der Waals surface area (Å²) in [7, 11) is 4.33. The second kappa shape index (κ2) is 10.6. The van der Waals surface area contributed by atoms with Gasteiger partial charge in [0, 0.05) is 17.1 Å². The number of methoxy groups -OCH3 is 3. The molecule has 0 aliphatic carbocycles. The molecule has 0 bridgehead atoms. The van der Waals surface area contributed by atoms with E-state index in [1.54, 1.807) is 20.1 Å². The van der Waals surface area contributed by atoms with E-state index in [9.17, 15) is 4.79 Å². The number of benzene rings is 1. The summed E-state index contributed by atoms with van der Waals surface area (Å²) in [5.74, 6) is 1.41. The van der Waals surface area contributed by atoms with E-state index in [2.05, 4.69) is 34.3 Å². The minimum absolute atomic E-state index is 0.0881. The van der Waals surface area contributed by atoms with Gasteiger partial charge in [-0.2, -0.15) is 0 Å². The monoisotopic (exact) mass is 456 g/mol. The van der Waals surface area contributed by atoms with Gasteiger partial charge in [-0.15, -0.1) is 6.58 Å². The summed E-state index contributed by atoms with van der Waals surface area (Å²) in [4.78, 5) is 12.1. The third-order valence-electron chi connectivity index (χ3n) is 6.09. The lowest BCUT2D eigenvalue weighted by Gasteiger charge is -2.40. The third kappa shape index (κ3) is 5.81. The Balaban J connectivity index is 2.49. The summed E-state index contributed by atoms with van der Waals surface area (Å²) < 4.78 is 28.2. The zero-order chi connectivity index (χ0) is 24.8. The predicted molar refractivity (Wildman–Crippen MR) is 130 cm³/mol. The second-order valence-electron chi connectivity index (χ2n) is 9.05. The molecule has 1 heterocycles. The molecular weight excluding hydrogens is 420 g/mol. The molecule has 0 radical (unpaired) electrons. The van der Waals surface area contributed by atoms with Crippen LogP contribution in [0, 0.1) is 11.3 Å². The standard InChI is InChI=1S/C27H36O6/c1-10-26(3,4)23-17-32-22-13-11-12-19(24(22)33-27(23,5)6)14-15-21(30-8)18(2)20(16-29-7)25(28)31-9/h10-16,23H,1,17H2,2-9H3/b15-14+,20-16+,21-18+/t23-/m1/s1. The van der Waals surface area contributed by atoms with Crippen LogP contribution >= 0.6 is 0 Å². The maximum Gasteiger partial charge on any atom is 0.341 e. The van der Waals surface area contributed by atoms with Gasteiger partial charge >= 0.3 is 5.97 Å². The molecule has 0 fully saturated rings. The molecule has 1 atom stereocenters. The van der Waals surface area contributed by atoms with Gasteiger partial charge in [0.2, 0.25) is 0 Å². The van der Waals surface area contributed by atoms with Crippen LogP contribution < -0.4 is 9.47 Å². The molecule has 0 saturated carbocycles. The van der Waals surface area contributed by atoms with Crippen molar-refractivity contribution in [2.45, 2.75) is 40.2 Å². The van der Waals surface area contributed by atoms with Gasteiger partial charge in [0.25, 0.3) is 0 Å². The molecule has 0 amide bonds. The molecular formula is C27H36O6. The van der Waals surface area contributed by atoms with Crippen molar-refractivity contribution in [1.29, 1.82) is 0 Å². The highest BCUT2D eigenvalue weighted by atomic mass is 16.5. The van der Waals surface area contributed by atoms with Crippen molar-refractivity contribution < 1.29 is 28.5 Å². The lowest BCUT2D eigenvalue weighted by atomic mass is 9.71. The molecule has 1 aromatic rings. The van der Waals surface area contributed by atoms with Crippen LogP contribution in [0.3, 0.4) is 0 Å². The normalized spacial score (nSPS) is 18.8. The van der Waals surface area contributed by atoms with Crippen molar-refractivity contribution in [1.82, 2.24) is 0 Å². The summed E-state index contributed by atoms with van der Waals surface area (Å²) in [5, 5.41) is 0. The Labute approximate surface area is 197 Å². The van der Waals surface area contributed by atoms with Gasteiger partial charge in [-0.3, -0.25) is 0 Å². The minimum Gasteiger partial charge on any atom is -0.503 e. The second-order valence-corrected chi connectivity index (χ2v) is 9.05. The van der Waals surface area contributed by atoms with E-state index in [1.807, 2.05) is 30.4 Å². The Kier molecular flexibility index (Phi) is 8.42. The molecule has 33 heavy (non-hydrogen) atoms. The van der Waals surface area contributed by atoms with Crippen LogP contribution in [0.5, 0.6) is 11.5 Å². The number of carbonyl (C=O) groups excluding carboxylic acids is 1. The molecule has 6 nitrogen and oxygen atoms in total. The maximum absolute atomic E-state index is 12.1. The maximum atomic E-state index is 12.1. The molecule has 6 heteroatoms. The highest BCUT2D eigenvalue weighted by Crippen LogP contribution is 2.45. The first-order chi connectivity index (χ1) is 15.5. The zero-order valence-electron chi connectivity index (χ0n) is 21.0. The van der Waals surface area contributed by atoms with E-state index in [0.717, 1.165) is 5.56 Å². The number of carbonyl (C=O) groups is 1. The van der Waals surface area contributed by atoms with Crippen LogP contribution in [-0.2, 0) is 19.0 Å². The topological polar surface area (TPSA) is 63.2 Å². The SMILES string of the molecule is C=CC(C)(C)[C@H]1COc2cccc(/C=C/C(OC)=C(C)\C(=C/OC)C(=O)OC)c2OC1(C)C. The van der Waals surface area contributed by atoms with Crippen LogP contribution in [-0.4, -0.2) is 39.5 Å². The first kappa shape index (κ1) is 26.1. The molecule has 0 N–H and O–H groups in total. The van der Waals surface area contributed by atoms with Crippen LogP contribution in [0.2, 0.25) is 0 Å². The Hall–Kier alpha value is -3.15. The molecule has 0 spiro atoms. The average Bonchev–Trinajstić information content (AvgIpc) is 2.92. The summed E-state index contributed by atoms with van der Waals surface area (Å²) in [5.41, 5.74) is 0.999. The van der Waals surface area contributed by atoms with Gasteiger partial charge in [-0.1, -0.05) is 32.1 Å². The highest BCUT2D eigenvalue weighted by Gasteiger charge is 2.44. The third-order valence-corrected chi connectivity index (χ3v) is 6.09. The summed E-state index contributed by atoms with van der Waals surface area (Å²) in [6.45, 7) is 14.7. The Morgan fingerprint density at radius 3 is 2.48 bits per heavy atom. The first-order valence-electron chi connectivity index (χ1n) is 10.8. The molecule has 0 saturated heterocycles. The van der Waals surface area contributed by atoms with E-state index in [0.29, 0.717) is 29.4 Å². The lowest BCUT2D eigenvalue weighted by Crippen LogP contribution is -2.46. The van der Waals surface area contributed by atoms with Gasteiger partial charge in [-0.05, 0) is 44.4 Å². The van der Waals surface area contributed by atoms with E-state index in [-0.39, 0.29) is 16.9 Å². The number of ether oxygens (including phenoxy) is 5. The highest BCUT2D eigenvalue weighted by molar-refractivity contribution is 5.93. The molecule has 1 aliphatic heterocycles. The largest absolute Gasteiger partial charge is 0.503 e. The van der Waals surface area contributed by atoms with E-state index >= 15 is 0 Å². The van der Waals surface area contributed by atoms with Gasteiger partial charge in [0.15, 0.2) is 11.5 Å². The average molecular weight is 457 g/mol. The molecule has 0 unspecified atom stereocenters. The Morgan fingerprint density at radius 2 is 1.91 bits per heavy atom. The molecule has 2 rings (SSSR count). The quantitative estimate of drug-likeness (QED) is 0.164. The molecule has 1 aliphatic rings. The number of rotatable bonds is 8. The van der Waals surface area contributed by atoms with Crippen molar-refractivity contribution in [2.24, 2.45) is 11.3 Å². The number of hydrogen-bond donors (Lipinski definition) is 0. The van der Waals surface area contributed by atoms with Crippen LogP contribution in [0.4, 0.5) is 0 Å². The lowest BCUT2D eigenvalue weighted by molar-refractivity contribution is -0.136. The number of allylic oxidation sites excluding steroid dienone is 2. The number of esters is 1. The van der Waals surface area contributed by atoms with E-state index < -0.39 is 11.6 Å². The molecule has 0 aromatic heterocycles. The van der Waals surface area contributed by atoms with Crippen LogP contribution in [0.1, 0.15) is 40.2 Å². The van der Waals surface area contributed by atoms with Crippen LogP contribution in [0.25, 0.3) is 6.08 Å². The van der Waals surface area contributed by atoms with E-state index in [4.69, 9.17) is 23.7 Å². The van der Waals surface area contributed by atoms with Gasteiger partial charge in [-0.25, -0.2) is 4.79 Å².